The van der Waals surface area contributed by atoms with Gasteiger partial charge in [-0.05, 0) is 16.8 Å². The summed E-state index contributed by atoms with van der Waals surface area (Å²) in [5.74, 6) is 0. The van der Waals surface area contributed by atoms with E-state index < -0.39 is 0 Å². The van der Waals surface area contributed by atoms with Gasteiger partial charge in [-0.2, -0.15) is 0 Å². The lowest BCUT2D eigenvalue weighted by atomic mass is 10.0. The summed E-state index contributed by atoms with van der Waals surface area (Å²) in [6, 6.07) is 17.2. The molecule has 0 amide bonds. The van der Waals surface area contributed by atoms with Crippen molar-refractivity contribution in [2.75, 3.05) is 0 Å². The number of nitrogens with zero attached hydrogens (tertiary/aromatic N) is 1. The van der Waals surface area contributed by atoms with Crippen LogP contribution in [0.15, 0.2) is 54.7 Å². The van der Waals surface area contributed by atoms with Crippen LogP contribution < -0.4 is 10.4 Å². The lowest BCUT2D eigenvalue weighted by molar-refractivity contribution is 1.42. The molecule has 0 fully saturated rings. The normalized spacial score (nSPS) is 12.5. The van der Waals surface area contributed by atoms with Crippen LogP contribution in [0, 0.1) is 0 Å². The van der Waals surface area contributed by atoms with Crippen molar-refractivity contribution in [3.63, 3.8) is 0 Å². The van der Waals surface area contributed by atoms with E-state index in [1.165, 1.54) is 26.9 Å². The molecule has 3 aromatic rings. The molecule has 1 aliphatic rings. The van der Waals surface area contributed by atoms with Gasteiger partial charge in [0.1, 0.15) is 9.52 Å². The van der Waals surface area contributed by atoms with Crippen LogP contribution in [0.25, 0.3) is 22.0 Å². The fourth-order valence-corrected chi connectivity index (χ4v) is 3.83. The van der Waals surface area contributed by atoms with Crippen LogP contribution in [-0.4, -0.2) is 14.5 Å². The van der Waals surface area contributed by atoms with Gasteiger partial charge in [0.05, 0.1) is 5.52 Å². The zero-order valence-electron chi connectivity index (χ0n) is 9.14. The molecule has 0 unspecified atom stereocenters. The second-order valence-corrected chi connectivity index (χ2v) is 5.56. The minimum absolute atomic E-state index is 0.774. The molecular formula is C15H9NSi. The molecule has 0 saturated heterocycles. The van der Waals surface area contributed by atoms with E-state index in [1.54, 1.807) is 0 Å². The number of hydrogen-bond donors (Lipinski definition) is 0. The van der Waals surface area contributed by atoms with Crippen molar-refractivity contribution in [1.82, 2.24) is 4.98 Å². The van der Waals surface area contributed by atoms with E-state index in [0.29, 0.717) is 0 Å². The van der Waals surface area contributed by atoms with Crippen molar-refractivity contribution in [3.05, 3.63) is 54.7 Å². The van der Waals surface area contributed by atoms with Crippen LogP contribution in [0.2, 0.25) is 0 Å². The molecule has 0 N–H and O–H groups in total. The molecule has 2 heterocycles. The summed E-state index contributed by atoms with van der Waals surface area (Å²) in [6.45, 7) is 0. The van der Waals surface area contributed by atoms with E-state index in [4.69, 9.17) is 0 Å². The SMILES string of the molecule is c1ccc2c(c1)[Si]c1ccc3cccnc3c1-2. The number of benzene rings is 2. The van der Waals surface area contributed by atoms with Crippen LogP contribution in [0.1, 0.15) is 0 Å². The van der Waals surface area contributed by atoms with Crippen molar-refractivity contribution < 1.29 is 0 Å². The average Bonchev–Trinajstić information content (AvgIpc) is 2.77. The van der Waals surface area contributed by atoms with Crippen LogP contribution in [-0.2, 0) is 0 Å². The summed E-state index contributed by atoms with van der Waals surface area (Å²) >= 11 is 0. The quantitative estimate of drug-likeness (QED) is 0.421. The fraction of sp³-hybridized carbons (Fsp3) is 0. The second kappa shape index (κ2) is 3.28. The molecule has 2 aromatic carbocycles. The highest BCUT2D eigenvalue weighted by Crippen LogP contribution is 2.26. The number of aromatic nitrogens is 1. The Labute approximate surface area is 102 Å². The van der Waals surface area contributed by atoms with Gasteiger partial charge in [0.15, 0.2) is 0 Å². The minimum atomic E-state index is 0.774. The number of hydrogen-bond acceptors (Lipinski definition) is 1. The van der Waals surface area contributed by atoms with Gasteiger partial charge in [0, 0.05) is 17.1 Å². The molecule has 0 bridgehead atoms. The maximum Gasteiger partial charge on any atom is 0.123 e. The summed E-state index contributed by atoms with van der Waals surface area (Å²) in [4.78, 5) is 4.56. The van der Waals surface area contributed by atoms with Gasteiger partial charge in [-0.25, -0.2) is 0 Å². The smallest absolute Gasteiger partial charge is 0.123 e. The Kier molecular flexibility index (Phi) is 1.76. The maximum atomic E-state index is 4.56. The van der Waals surface area contributed by atoms with Crippen molar-refractivity contribution in [3.8, 4) is 11.1 Å². The van der Waals surface area contributed by atoms with E-state index in [2.05, 4.69) is 47.4 Å². The summed E-state index contributed by atoms with van der Waals surface area (Å²) in [5, 5.41) is 4.10. The van der Waals surface area contributed by atoms with Gasteiger partial charge in [-0.1, -0.05) is 47.7 Å². The predicted molar refractivity (Wildman–Crippen MR) is 72.2 cm³/mol. The van der Waals surface area contributed by atoms with Gasteiger partial charge >= 0.3 is 0 Å². The Morgan fingerprint density at radius 1 is 0.824 bits per heavy atom. The monoisotopic (exact) mass is 231 g/mol. The van der Waals surface area contributed by atoms with Crippen LogP contribution >= 0.6 is 0 Å². The summed E-state index contributed by atoms with van der Waals surface area (Å²) < 4.78 is 0. The van der Waals surface area contributed by atoms with Gasteiger partial charge in [0.2, 0.25) is 0 Å². The minimum Gasteiger partial charge on any atom is -0.256 e. The Hall–Kier alpha value is -1.93. The molecular weight excluding hydrogens is 222 g/mol. The first-order valence-electron chi connectivity index (χ1n) is 5.68. The first kappa shape index (κ1) is 9.13. The number of pyridine rings is 1. The van der Waals surface area contributed by atoms with E-state index in [0.717, 1.165) is 15.0 Å². The summed E-state index contributed by atoms with van der Waals surface area (Å²) in [7, 11) is 0.774. The first-order valence-corrected chi connectivity index (χ1v) is 6.68. The molecule has 4 rings (SSSR count). The Bertz CT molecular complexity index is 734. The predicted octanol–water partition coefficient (Wildman–Crippen LogP) is 1.87. The highest BCUT2D eigenvalue weighted by atomic mass is 28.2. The van der Waals surface area contributed by atoms with Gasteiger partial charge in [-0.15, -0.1) is 0 Å². The van der Waals surface area contributed by atoms with Crippen LogP contribution in [0.3, 0.4) is 0 Å². The maximum absolute atomic E-state index is 4.56. The lowest BCUT2D eigenvalue weighted by Gasteiger charge is -2.05. The molecule has 1 aromatic heterocycles. The Morgan fingerprint density at radius 3 is 2.76 bits per heavy atom. The molecule has 2 radical (unpaired) electrons. The largest absolute Gasteiger partial charge is 0.256 e. The lowest BCUT2D eigenvalue weighted by Crippen LogP contribution is -2.20. The second-order valence-electron chi connectivity index (χ2n) is 4.23. The molecule has 0 saturated carbocycles. The molecule has 0 aliphatic carbocycles. The molecule has 17 heavy (non-hydrogen) atoms. The highest BCUT2D eigenvalue weighted by Gasteiger charge is 2.21. The number of rotatable bonds is 0. The zero-order chi connectivity index (χ0) is 11.2. The Morgan fingerprint density at radius 2 is 1.76 bits per heavy atom. The highest BCUT2D eigenvalue weighted by molar-refractivity contribution is 6.74. The van der Waals surface area contributed by atoms with Crippen molar-refractivity contribution in [1.29, 1.82) is 0 Å². The molecule has 0 spiro atoms. The van der Waals surface area contributed by atoms with Crippen molar-refractivity contribution in [2.45, 2.75) is 0 Å². The van der Waals surface area contributed by atoms with Gasteiger partial charge < -0.3 is 0 Å². The van der Waals surface area contributed by atoms with E-state index >= 15 is 0 Å². The van der Waals surface area contributed by atoms with Crippen LogP contribution in [0.5, 0.6) is 0 Å². The van der Waals surface area contributed by atoms with E-state index in [9.17, 15) is 0 Å². The molecule has 78 valence electrons. The summed E-state index contributed by atoms with van der Waals surface area (Å²) in [6.07, 6.45) is 1.88. The standard InChI is InChI=1S/C15H9NSi/c1-2-6-12-11(5-1)14-13(17-12)8-7-10-4-3-9-16-15(10)14/h1-9H. The topological polar surface area (TPSA) is 12.9 Å². The zero-order valence-corrected chi connectivity index (χ0v) is 10.1. The summed E-state index contributed by atoms with van der Waals surface area (Å²) in [5.41, 5.74) is 3.85. The third-order valence-corrected chi connectivity index (χ3v) is 4.63. The average molecular weight is 231 g/mol. The van der Waals surface area contributed by atoms with Crippen molar-refractivity contribution >= 4 is 30.8 Å². The molecule has 1 aliphatic heterocycles. The first-order chi connectivity index (χ1) is 8.43. The molecule has 0 atom stereocenters. The van der Waals surface area contributed by atoms with Crippen molar-refractivity contribution in [2.24, 2.45) is 0 Å². The van der Waals surface area contributed by atoms with E-state index in [1.807, 2.05) is 12.3 Å². The molecule has 1 nitrogen and oxygen atoms in total. The fourth-order valence-electron chi connectivity index (χ4n) is 2.48. The van der Waals surface area contributed by atoms with Gasteiger partial charge in [0.25, 0.3) is 0 Å². The molecule has 2 heteroatoms. The third-order valence-electron chi connectivity index (χ3n) is 3.24. The van der Waals surface area contributed by atoms with Crippen LogP contribution in [0.4, 0.5) is 0 Å². The third kappa shape index (κ3) is 1.21. The Balaban J connectivity index is 2.17. The van der Waals surface area contributed by atoms with E-state index in [-0.39, 0.29) is 0 Å². The van der Waals surface area contributed by atoms with Gasteiger partial charge in [-0.3, -0.25) is 4.98 Å². The number of fused-ring (bicyclic) bond motifs is 5.